The Morgan fingerprint density at radius 3 is 2.37 bits per heavy atom. The Kier molecular flexibility index (Phi) is 5.60. The number of amides is 2. The molecule has 1 unspecified atom stereocenters. The summed E-state index contributed by atoms with van der Waals surface area (Å²) < 4.78 is 0. The Labute approximate surface area is 114 Å². The van der Waals surface area contributed by atoms with Gasteiger partial charge in [0.05, 0.1) is 12.0 Å². The van der Waals surface area contributed by atoms with Gasteiger partial charge in [0.1, 0.15) is 0 Å². The average Bonchev–Trinajstić information content (AvgIpc) is 2.62. The summed E-state index contributed by atoms with van der Waals surface area (Å²) in [7, 11) is 3.89. The zero-order chi connectivity index (χ0) is 14.5. The van der Waals surface area contributed by atoms with Crippen LogP contribution in [0.15, 0.2) is 0 Å². The summed E-state index contributed by atoms with van der Waals surface area (Å²) in [4.78, 5) is 24.9. The first-order valence-corrected chi connectivity index (χ1v) is 6.78. The summed E-state index contributed by atoms with van der Waals surface area (Å²) >= 11 is 0. The number of carbonyl (C=O) groups excluding carboxylic acids is 1. The van der Waals surface area contributed by atoms with E-state index in [1.54, 1.807) is 0 Å². The smallest absolute Gasteiger partial charge is 0.315 e. The second kappa shape index (κ2) is 6.75. The van der Waals surface area contributed by atoms with Crippen molar-refractivity contribution < 1.29 is 14.7 Å². The second-order valence-corrected chi connectivity index (χ2v) is 5.82. The lowest BCUT2D eigenvalue weighted by Gasteiger charge is -2.30. The van der Waals surface area contributed by atoms with Crippen LogP contribution in [0.4, 0.5) is 4.79 Å². The van der Waals surface area contributed by atoms with Crippen LogP contribution >= 0.6 is 0 Å². The number of nitrogens with zero attached hydrogens (tertiary/aromatic N) is 1. The van der Waals surface area contributed by atoms with Crippen LogP contribution in [0.2, 0.25) is 0 Å². The summed E-state index contributed by atoms with van der Waals surface area (Å²) in [6.45, 7) is 2.68. The molecule has 0 radical (unpaired) electrons. The zero-order valence-corrected chi connectivity index (χ0v) is 12.0. The number of urea groups is 1. The highest BCUT2D eigenvalue weighted by Crippen LogP contribution is 2.32. The van der Waals surface area contributed by atoms with Gasteiger partial charge in [0, 0.05) is 12.6 Å². The standard InChI is InChI=1S/C13H25N3O3/c1-10(9-16(2)3)14-12(19)15-13(8-11(17)18)6-4-5-7-13/h10H,4-9H2,1-3H3,(H,17,18)(H2,14,15,19). The van der Waals surface area contributed by atoms with E-state index in [1.165, 1.54) is 0 Å². The third-order valence-electron chi connectivity index (χ3n) is 3.45. The molecule has 19 heavy (non-hydrogen) atoms. The quantitative estimate of drug-likeness (QED) is 0.674. The van der Waals surface area contributed by atoms with Gasteiger partial charge in [-0.15, -0.1) is 0 Å². The Morgan fingerprint density at radius 2 is 1.89 bits per heavy atom. The molecular weight excluding hydrogens is 246 g/mol. The number of hydrogen-bond acceptors (Lipinski definition) is 3. The predicted octanol–water partition coefficient (Wildman–Crippen LogP) is 1.02. The number of hydrogen-bond donors (Lipinski definition) is 3. The maximum Gasteiger partial charge on any atom is 0.315 e. The zero-order valence-electron chi connectivity index (χ0n) is 12.0. The van der Waals surface area contributed by atoms with Crippen molar-refractivity contribution in [1.82, 2.24) is 15.5 Å². The van der Waals surface area contributed by atoms with E-state index in [4.69, 9.17) is 5.11 Å². The van der Waals surface area contributed by atoms with Crippen molar-refractivity contribution in [2.75, 3.05) is 20.6 Å². The predicted molar refractivity (Wildman–Crippen MR) is 73.1 cm³/mol. The highest BCUT2D eigenvalue weighted by atomic mass is 16.4. The first-order valence-electron chi connectivity index (χ1n) is 6.78. The number of rotatable bonds is 6. The first kappa shape index (κ1) is 15.8. The van der Waals surface area contributed by atoms with E-state index in [-0.39, 0.29) is 18.5 Å². The Bertz CT molecular complexity index is 325. The number of nitrogens with one attached hydrogen (secondary N) is 2. The lowest BCUT2D eigenvalue weighted by molar-refractivity contribution is -0.138. The van der Waals surface area contributed by atoms with Crippen molar-refractivity contribution in [3.05, 3.63) is 0 Å². The molecule has 3 N–H and O–H groups in total. The molecule has 0 spiro atoms. The van der Waals surface area contributed by atoms with Crippen LogP contribution in [-0.2, 0) is 4.79 Å². The van der Waals surface area contributed by atoms with Gasteiger partial charge >= 0.3 is 12.0 Å². The second-order valence-electron chi connectivity index (χ2n) is 5.82. The van der Waals surface area contributed by atoms with Gasteiger partial charge in [-0.2, -0.15) is 0 Å². The van der Waals surface area contributed by atoms with Gasteiger partial charge in [0.25, 0.3) is 0 Å². The van der Waals surface area contributed by atoms with Crippen molar-refractivity contribution in [2.24, 2.45) is 0 Å². The monoisotopic (exact) mass is 271 g/mol. The molecule has 0 heterocycles. The van der Waals surface area contributed by atoms with Gasteiger partial charge < -0.3 is 20.6 Å². The summed E-state index contributed by atoms with van der Waals surface area (Å²) in [5.74, 6) is -0.858. The van der Waals surface area contributed by atoms with E-state index < -0.39 is 11.5 Å². The number of carboxylic acid groups (broad SMARTS) is 1. The van der Waals surface area contributed by atoms with E-state index in [0.29, 0.717) is 0 Å². The molecular formula is C13H25N3O3. The van der Waals surface area contributed by atoms with Gasteiger partial charge in [-0.3, -0.25) is 4.79 Å². The summed E-state index contributed by atoms with van der Waals surface area (Å²) in [5, 5.41) is 14.7. The van der Waals surface area contributed by atoms with Crippen LogP contribution in [0.25, 0.3) is 0 Å². The summed E-state index contributed by atoms with van der Waals surface area (Å²) in [6.07, 6.45) is 3.44. The molecule has 6 nitrogen and oxygen atoms in total. The van der Waals surface area contributed by atoms with Crippen LogP contribution in [0, 0.1) is 0 Å². The number of carbonyl (C=O) groups is 2. The fraction of sp³-hybridized carbons (Fsp3) is 0.846. The molecule has 0 aromatic rings. The fourth-order valence-electron chi connectivity index (χ4n) is 2.78. The third-order valence-corrected chi connectivity index (χ3v) is 3.45. The van der Waals surface area contributed by atoms with Crippen molar-refractivity contribution in [3.63, 3.8) is 0 Å². The lowest BCUT2D eigenvalue weighted by atomic mass is 9.93. The molecule has 0 aromatic carbocycles. The molecule has 0 bridgehead atoms. The summed E-state index contributed by atoms with van der Waals surface area (Å²) in [6, 6.07) is -0.240. The van der Waals surface area contributed by atoms with Gasteiger partial charge in [0.15, 0.2) is 0 Å². The van der Waals surface area contributed by atoms with Crippen molar-refractivity contribution in [3.8, 4) is 0 Å². The van der Waals surface area contributed by atoms with Crippen LogP contribution in [0.5, 0.6) is 0 Å². The molecule has 0 saturated heterocycles. The fourth-order valence-corrected chi connectivity index (χ4v) is 2.78. The van der Waals surface area contributed by atoms with E-state index in [1.807, 2.05) is 25.9 Å². The van der Waals surface area contributed by atoms with Gasteiger partial charge in [-0.1, -0.05) is 12.8 Å². The minimum atomic E-state index is -0.858. The maximum atomic E-state index is 11.9. The topological polar surface area (TPSA) is 81.7 Å². The van der Waals surface area contributed by atoms with Crippen LogP contribution in [0.3, 0.4) is 0 Å². The normalized spacial score (nSPS) is 19.2. The molecule has 1 fully saturated rings. The van der Waals surface area contributed by atoms with Crippen LogP contribution < -0.4 is 10.6 Å². The lowest BCUT2D eigenvalue weighted by Crippen LogP contribution is -2.54. The van der Waals surface area contributed by atoms with Crippen LogP contribution in [-0.4, -0.2) is 54.2 Å². The third kappa shape index (κ3) is 5.46. The molecule has 110 valence electrons. The van der Waals surface area contributed by atoms with Gasteiger partial charge in [-0.25, -0.2) is 4.79 Å². The first-order chi connectivity index (χ1) is 8.83. The Morgan fingerprint density at radius 1 is 1.32 bits per heavy atom. The van der Waals surface area contributed by atoms with Crippen LogP contribution in [0.1, 0.15) is 39.0 Å². The van der Waals surface area contributed by atoms with Gasteiger partial charge in [-0.05, 0) is 33.9 Å². The van der Waals surface area contributed by atoms with E-state index in [2.05, 4.69) is 10.6 Å². The number of carboxylic acids is 1. The van der Waals surface area contributed by atoms with E-state index in [9.17, 15) is 9.59 Å². The largest absolute Gasteiger partial charge is 0.481 e. The number of aliphatic carboxylic acids is 1. The van der Waals surface area contributed by atoms with E-state index >= 15 is 0 Å². The minimum absolute atomic E-state index is 0.00246. The highest BCUT2D eigenvalue weighted by Gasteiger charge is 2.37. The minimum Gasteiger partial charge on any atom is -0.481 e. The Hall–Kier alpha value is -1.30. The molecule has 0 aromatic heterocycles. The summed E-state index contributed by atoms with van der Waals surface area (Å²) in [5.41, 5.74) is -0.562. The molecule has 0 aliphatic heterocycles. The van der Waals surface area contributed by atoms with Crippen molar-refractivity contribution in [1.29, 1.82) is 0 Å². The van der Waals surface area contributed by atoms with Gasteiger partial charge in [0.2, 0.25) is 0 Å². The Balaban J connectivity index is 2.50. The molecule has 1 aliphatic carbocycles. The highest BCUT2D eigenvalue weighted by molar-refractivity contribution is 5.77. The SMILES string of the molecule is CC(CN(C)C)NC(=O)NC1(CC(=O)O)CCCC1. The molecule has 1 rings (SSSR count). The average molecular weight is 271 g/mol. The molecule has 2 amide bonds. The molecule has 6 heteroatoms. The van der Waals surface area contributed by atoms with Crippen molar-refractivity contribution >= 4 is 12.0 Å². The maximum absolute atomic E-state index is 11.9. The van der Waals surface area contributed by atoms with E-state index in [0.717, 1.165) is 32.2 Å². The van der Waals surface area contributed by atoms with Crippen molar-refractivity contribution in [2.45, 2.75) is 50.6 Å². The molecule has 1 aliphatic rings. The number of likely N-dealkylation sites (N-methyl/N-ethyl adjacent to an activating group) is 1. The molecule has 1 saturated carbocycles. The molecule has 1 atom stereocenters.